The number of carbonyl (C=O) groups is 2. The predicted molar refractivity (Wildman–Crippen MR) is 101 cm³/mol. The molecule has 0 saturated carbocycles. The van der Waals surface area contributed by atoms with Gasteiger partial charge < -0.3 is 20.0 Å². The predicted octanol–water partition coefficient (Wildman–Crippen LogP) is 2.43. The van der Waals surface area contributed by atoms with Crippen LogP contribution in [0, 0.1) is 10.1 Å². The third-order valence-electron chi connectivity index (χ3n) is 5.27. The Labute approximate surface area is 166 Å². The Kier molecular flexibility index (Phi) is 5.31. The summed E-state index contributed by atoms with van der Waals surface area (Å²) in [5, 5.41) is 30.4. The molecular formula is C19H22FN3O6. The summed E-state index contributed by atoms with van der Waals surface area (Å²) in [5.41, 5.74) is -0.231. The van der Waals surface area contributed by atoms with Crippen molar-refractivity contribution in [1.82, 2.24) is 9.80 Å². The first kappa shape index (κ1) is 20.7. The minimum absolute atomic E-state index is 0.0254. The fourth-order valence-corrected chi connectivity index (χ4v) is 3.47. The Morgan fingerprint density at radius 2 is 2.07 bits per heavy atom. The third-order valence-corrected chi connectivity index (χ3v) is 5.27. The normalized spacial score (nSPS) is 17.8. The number of hydrogen-bond acceptors (Lipinski definition) is 5. The van der Waals surface area contributed by atoms with E-state index in [0.717, 1.165) is 0 Å². The van der Waals surface area contributed by atoms with Gasteiger partial charge in [-0.15, -0.1) is 0 Å². The lowest BCUT2D eigenvalue weighted by Crippen LogP contribution is -2.42. The molecule has 10 heteroatoms. The number of nitro benzene ring substituents is 1. The number of aliphatic hydroxyl groups is 1. The highest BCUT2D eigenvalue weighted by Crippen LogP contribution is 2.36. The van der Waals surface area contributed by atoms with E-state index >= 15 is 0 Å². The molecule has 1 aromatic rings. The zero-order valence-corrected chi connectivity index (χ0v) is 16.1. The first-order valence-corrected chi connectivity index (χ1v) is 9.13. The van der Waals surface area contributed by atoms with Crippen LogP contribution in [0.4, 0.5) is 14.9 Å². The molecule has 2 amide bonds. The molecular weight excluding hydrogens is 385 g/mol. The molecule has 156 valence electrons. The maximum absolute atomic E-state index is 14.2. The van der Waals surface area contributed by atoms with Crippen LogP contribution in [-0.2, 0) is 6.54 Å². The molecule has 2 N–H and O–H groups in total. The number of fused-ring (bicyclic) bond motifs is 1. The Balaban J connectivity index is 1.92. The van der Waals surface area contributed by atoms with Crippen molar-refractivity contribution in [2.75, 3.05) is 19.6 Å². The smallest absolute Gasteiger partial charge is 0.407 e. The van der Waals surface area contributed by atoms with Crippen molar-refractivity contribution < 1.29 is 29.1 Å². The van der Waals surface area contributed by atoms with Gasteiger partial charge in [0, 0.05) is 31.3 Å². The van der Waals surface area contributed by atoms with Gasteiger partial charge in [-0.2, -0.15) is 0 Å². The molecule has 2 aliphatic heterocycles. The Bertz CT molecular complexity index is 908. The van der Waals surface area contributed by atoms with Crippen LogP contribution >= 0.6 is 0 Å². The van der Waals surface area contributed by atoms with Crippen LogP contribution < -0.4 is 0 Å². The van der Waals surface area contributed by atoms with E-state index in [-0.39, 0.29) is 49.4 Å². The number of amides is 2. The largest absolute Gasteiger partial charge is 0.465 e. The monoisotopic (exact) mass is 407 g/mol. The highest BCUT2D eigenvalue weighted by Gasteiger charge is 2.36. The van der Waals surface area contributed by atoms with Crippen LogP contribution in [0.15, 0.2) is 18.2 Å². The summed E-state index contributed by atoms with van der Waals surface area (Å²) >= 11 is 0. The Morgan fingerprint density at radius 3 is 2.59 bits per heavy atom. The van der Waals surface area contributed by atoms with Crippen LogP contribution in [0.3, 0.4) is 0 Å². The van der Waals surface area contributed by atoms with Crippen molar-refractivity contribution in [1.29, 1.82) is 0 Å². The molecule has 1 aromatic carbocycles. The quantitative estimate of drug-likeness (QED) is 0.571. The van der Waals surface area contributed by atoms with Gasteiger partial charge in [0.05, 0.1) is 22.6 Å². The molecule has 0 radical (unpaired) electrons. The van der Waals surface area contributed by atoms with E-state index in [1.54, 1.807) is 6.08 Å². The fourth-order valence-electron chi connectivity index (χ4n) is 3.47. The molecule has 2 aliphatic rings. The van der Waals surface area contributed by atoms with Gasteiger partial charge in [0.25, 0.3) is 11.6 Å². The van der Waals surface area contributed by atoms with Crippen molar-refractivity contribution in [3.63, 3.8) is 0 Å². The summed E-state index contributed by atoms with van der Waals surface area (Å²) < 4.78 is 14.2. The van der Waals surface area contributed by atoms with E-state index < -0.39 is 28.7 Å². The van der Waals surface area contributed by atoms with Gasteiger partial charge in [0.15, 0.2) is 0 Å². The number of rotatable bonds is 5. The molecule has 3 rings (SSSR count). The number of nitrogens with zero attached hydrogens (tertiary/aromatic N) is 3. The summed E-state index contributed by atoms with van der Waals surface area (Å²) in [6.45, 7) is 2.63. The summed E-state index contributed by atoms with van der Waals surface area (Å²) in [7, 11) is 0. The van der Waals surface area contributed by atoms with Crippen molar-refractivity contribution in [2.24, 2.45) is 0 Å². The molecule has 0 unspecified atom stereocenters. The number of benzene rings is 1. The van der Waals surface area contributed by atoms with Gasteiger partial charge in [-0.3, -0.25) is 14.9 Å². The molecule has 0 spiro atoms. The van der Waals surface area contributed by atoms with Gasteiger partial charge in [0.1, 0.15) is 6.17 Å². The van der Waals surface area contributed by atoms with Crippen LogP contribution in [0.2, 0.25) is 0 Å². The average molecular weight is 407 g/mol. The highest BCUT2D eigenvalue weighted by molar-refractivity contribution is 6.00. The van der Waals surface area contributed by atoms with E-state index in [1.165, 1.54) is 35.8 Å². The van der Waals surface area contributed by atoms with Crippen molar-refractivity contribution in [3.05, 3.63) is 45.0 Å². The number of nitro groups is 1. The highest BCUT2D eigenvalue weighted by atomic mass is 19.1. The summed E-state index contributed by atoms with van der Waals surface area (Å²) in [6.07, 6.45) is -0.842. The second-order valence-electron chi connectivity index (χ2n) is 7.80. The maximum atomic E-state index is 14.2. The van der Waals surface area contributed by atoms with Crippen molar-refractivity contribution in [2.45, 2.75) is 38.6 Å². The van der Waals surface area contributed by atoms with Gasteiger partial charge in [-0.05, 0) is 37.5 Å². The van der Waals surface area contributed by atoms with E-state index in [9.17, 15) is 29.2 Å². The first-order chi connectivity index (χ1) is 13.5. The second kappa shape index (κ2) is 7.43. The lowest BCUT2D eigenvalue weighted by atomic mass is 9.94. The van der Waals surface area contributed by atoms with Gasteiger partial charge in [-0.25, -0.2) is 9.18 Å². The number of carboxylic acid groups (broad SMARTS) is 1. The minimum atomic E-state index is -1.67. The molecule has 0 fully saturated rings. The standard InChI is InChI=1S/C19H22FN3O6/c1-19(2,27)16(20)10-22-9-12-7-15(23(28)29)13(8-14(12)17(22)24)11-3-5-21(6-4-11)18(25)26/h3,7-8,16,27H,4-6,9-10H2,1-2H3,(H,25,26)/t16-/m1/s1. The SMILES string of the molecule is CC(C)(O)[C@H](F)CN1Cc2cc([N+](=O)[O-])c(C3=CCN(C(=O)O)CC3)cc2C1=O. The van der Waals surface area contributed by atoms with Crippen molar-refractivity contribution >= 4 is 23.3 Å². The van der Waals surface area contributed by atoms with Crippen LogP contribution in [-0.4, -0.2) is 68.3 Å². The van der Waals surface area contributed by atoms with E-state index in [2.05, 4.69) is 0 Å². The fraction of sp³-hybridized carbons (Fsp3) is 0.474. The minimum Gasteiger partial charge on any atom is -0.465 e. The topological polar surface area (TPSA) is 124 Å². The summed E-state index contributed by atoms with van der Waals surface area (Å²) in [4.78, 5) is 37.2. The van der Waals surface area contributed by atoms with Gasteiger partial charge in [-0.1, -0.05) is 6.08 Å². The molecule has 9 nitrogen and oxygen atoms in total. The molecule has 0 aromatic heterocycles. The lowest BCUT2D eigenvalue weighted by molar-refractivity contribution is -0.385. The summed E-state index contributed by atoms with van der Waals surface area (Å²) in [6, 6.07) is 2.76. The molecule has 29 heavy (non-hydrogen) atoms. The molecule has 2 heterocycles. The van der Waals surface area contributed by atoms with E-state index in [1.807, 2.05) is 0 Å². The van der Waals surface area contributed by atoms with Gasteiger partial charge in [0.2, 0.25) is 0 Å². The van der Waals surface area contributed by atoms with Crippen molar-refractivity contribution in [3.8, 4) is 0 Å². The number of halogens is 1. The number of alkyl halides is 1. The zero-order valence-electron chi connectivity index (χ0n) is 16.1. The van der Waals surface area contributed by atoms with Crippen LogP contribution in [0.1, 0.15) is 41.8 Å². The molecule has 0 saturated heterocycles. The zero-order chi connectivity index (χ0) is 21.5. The Hall–Kier alpha value is -3.01. The third kappa shape index (κ3) is 4.07. The maximum Gasteiger partial charge on any atom is 0.407 e. The molecule has 0 bridgehead atoms. The average Bonchev–Trinajstić information content (AvgIpc) is 2.95. The lowest BCUT2D eigenvalue weighted by Gasteiger charge is -2.26. The summed E-state index contributed by atoms with van der Waals surface area (Å²) in [5.74, 6) is -0.452. The first-order valence-electron chi connectivity index (χ1n) is 9.13. The number of carbonyl (C=O) groups excluding carboxylic acids is 1. The van der Waals surface area contributed by atoms with Crippen LogP contribution in [0.5, 0.6) is 0 Å². The van der Waals surface area contributed by atoms with Crippen LogP contribution in [0.25, 0.3) is 5.57 Å². The molecule has 1 atom stereocenters. The van der Waals surface area contributed by atoms with E-state index in [4.69, 9.17) is 5.11 Å². The van der Waals surface area contributed by atoms with E-state index in [0.29, 0.717) is 11.1 Å². The molecule has 0 aliphatic carbocycles. The second-order valence-corrected chi connectivity index (χ2v) is 7.80. The number of hydrogen-bond donors (Lipinski definition) is 2. The Morgan fingerprint density at radius 1 is 1.38 bits per heavy atom. The van der Waals surface area contributed by atoms with Gasteiger partial charge >= 0.3 is 6.09 Å².